The van der Waals surface area contributed by atoms with Crippen LogP contribution in [-0.2, 0) is 11.2 Å². The molecule has 0 atom stereocenters. The van der Waals surface area contributed by atoms with Crippen LogP contribution in [0.3, 0.4) is 0 Å². The molecule has 5 nitrogen and oxygen atoms in total. The van der Waals surface area contributed by atoms with Gasteiger partial charge in [0.2, 0.25) is 5.91 Å². The standard InChI is InChI=1S/C20H20N2O3/c1-24-16-11-14(12-17(13-16)25-2)8-9-19(23)22-18-7-3-5-15-6-4-10-21-20(15)18/h3-7,10-13H,8-9H2,1-2H3,(H,22,23). The van der Waals surface area contributed by atoms with Gasteiger partial charge in [0.05, 0.1) is 25.4 Å². The van der Waals surface area contributed by atoms with Gasteiger partial charge in [0.1, 0.15) is 11.5 Å². The second kappa shape index (κ2) is 7.66. The third-order valence-corrected chi connectivity index (χ3v) is 3.96. The number of aryl methyl sites for hydroxylation is 1. The van der Waals surface area contributed by atoms with Crippen molar-refractivity contribution in [3.8, 4) is 11.5 Å². The molecule has 0 bridgehead atoms. The summed E-state index contributed by atoms with van der Waals surface area (Å²) in [4.78, 5) is 16.7. The molecule has 3 aromatic rings. The Hall–Kier alpha value is -3.08. The summed E-state index contributed by atoms with van der Waals surface area (Å²) < 4.78 is 10.5. The molecule has 0 aliphatic heterocycles. The minimum atomic E-state index is -0.0556. The topological polar surface area (TPSA) is 60.5 Å². The summed E-state index contributed by atoms with van der Waals surface area (Å²) in [6.07, 6.45) is 2.68. The molecule has 1 aromatic heterocycles. The first-order valence-electron chi connectivity index (χ1n) is 8.05. The largest absolute Gasteiger partial charge is 0.497 e. The van der Waals surface area contributed by atoms with Crippen LogP contribution < -0.4 is 14.8 Å². The number of anilines is 1. The van der Waals surface area contributed by atoms with Crippen molar-refractivity contribution in [3.63, 3.8) is 0 Å². The number of amides is 1. The first-order chi connectivity index (χ1) is 12.2. The van der Waals surface area contributed by atoms with Gasteiger partial charge in [-0.1, -0.05) is 18.2 Å². The first-order valence-corrected chi connectivity index (χ1v) is 8.05. The van der Waals surface area contributed by atoms with E-state index >= 15 is 0 Å². The SMILES string of the molecule is COc1cc(CCC(=O)Nc2cccc3cccnc23)cc(OC)c1. The molecule has 0 aliphatic carbocycles. The highest BCUT2D eigenvalue weighted by atomic mass is 16.5. The van der Waals surface area contributed by atoms with Crippen molar-refractivity contribution < 1.29 is 14.3 Å². The minimum absolute atomic E-state index is 0.0556. The summed E-state index contributed by atoms with van der Waals surface area (Å²) in [7, 11) is 3.22. The van der Waals surface area contributed by atoms with Crippen LogP contribution in [0.1, 0.15) is 12.0 Å². The fraction of sp³-hybridized carbons (Fsp3) is 0.200. The molecule has 0 spiro atoms. The third-order valence-electron chi connectivity index (χ3n) is 3.96. The number of ether oxygens (including phenoxy) is 2. The summed E-state index contributed by atoms with van der Waals surface area (Å²) in [5.41, 5.74) is 2.51. The summed E-state index contributed by atoms with van der Waals surface area (Å²) in [5.74, 6) is 1.38. The Labute approximate surface area is 146 Å². The van der Waals surface area contributed by atoms with Gasteiger partial charge in [0.15, 0.2) is 0 Å². The minimum Gasteiger partial charge on any atom is -0.497 e. The molecule has 0 fully saturated rings. The van der Waals surface area contributed by atoms with Crippen LogP contribution in [0.2, 0.25) is 0 Å². The van der Waals surface area contributed by atoms with E-state index in [9.17, 15) is 4.79 Å². The van der Waals surface area contributed by atoms with Crippen LogP contribution in [0.5, 0.6) is 11.5 Å². The Morgan fingerprint density at radius 3 is 2.48 bits per heavy atom. The Kier molecular flexibility index (Phi) is 5.14. The molecule has 0 saturated heterocycles. The molecule has 1 amide bonds. The predicted octanol–water partition coefficient (Wildman–Crippen LogP) is 3.82. The first kappa shape index (κ1) is 16.8. The van der Waals surface area contributed by atoms with Crippen LogP contribution >= 0.6 is 0 Å². The van der Waals surface area contributed by atoms with Gasteiger partial charge in [-0.25, -0.2) is 0 Å². The molecule has 2 aromatic carbocycles. The highest BCUT2D eigenvalue weighted by Crippen LogP contribution is 2.24. The molecule has 1 heterocycles. The van der Waals surface area contributed by atoms with E-state index < -0.39 is 0 Å². The number of benzene rings is 2. The fourth-order valence-electron chi connectivity index (χ4n) is 2.69. The lowest BCUT2D eigenvalue weighted by molar-refractivity contribution is -0.116. The van der Waals surface area contributed by atoms with E-state index in [4.69, 9.17) is 9.47 Å². The zero-order valence-electron chi connectivity index (χ0n) is 14.3. The number of pyridine rings is 1. The maximum atomic E-state index is 12.3. The van der Waals surface area contributed by atoms with Crippen molar-refractivity contribution in [2.24, 2.45) is 0 Å². The molecule has 25 heavy (non-hydrogen) atoms. The Bertz CT molecular complexity index is 865. The molecule has 0 aliphatic rings. The smallest absolute Gasteiger partial charge is 0.224 e. The zero-order chi connectivity index (χ0) is 17.6. The number of methoxy groups -OCH3 is 2. The second-order valence-electron chi connectivity index (χ2n) is 5.65. The zero-order valence-corrected chi connectivity index (χ0v) is 14.3. The van der Waals surface area contributed by atoms with Crippen LogP contribution in [0.15, 0.2) is 54.7 Å². The number of carbonyl (C=O) groups is 1. The van der Waals surface area contributed by atoms with Gasteiger partial charge < -0.3 is 14.8 Å². The third kappa shape index (κ3) is 4.07. The number of nitrogens with one attached hydrogen (secondary N) is 1. The van der Waals surface area contributed by atoms with Crippen LogP contribution in [0.4, 0.5) is 5.69 Å². The van der Waals surface area contributed by atoms with Crippen molar-refractivity contribution in [1.29, 1.82) is 0 Å². The van der Waals surface area contributed by atoms with Gasteiger partial charge in [-0.3, -0.25) is 9.78 Å². The van der Waals surface area contributed by atoms with E-state index in [1.165, 1.54) is 0 Å². The second-order valence-corrected chi connectivity index (χ2v) is 5.65. The molecule has 0 unspecified atom stereocenters. The normalized spacial score (nSPS) is 10.5. The van der Waals surface area contributed by atoms with Gasteiger partial charge in [-0.15, -0.1) is 0 Å². The molecule has 128 valence electrons. The number of hydrogen-bond acceptors (Lipinski definition) is 4. The lowest BCUT2D eigenvalue weighted by atomic mass is 10.1. The van der Waals surface area contributed by atoms with Gasteiger partial charge in [0.25, 0.3) is 0 Å². The number of para-hydroxylation sites is 1. The van der Waals surface area contributed by atoms with Crippen molar-refractivity contribution in [2.45, 2.75) is 12.8 Å². The van der Waals surface area contributed by atoms with Crippen molar-refractivity contribution in [1.82, 2.24) is 4.98 Å². The van der Waals surface area contributed by atoms with E-state index in [-0.39, 0.29) is 5.91 Å². The van der Waals surface area contributed by atoms with Crippen LogP contribution in [0, 0.1) is 0 Å². The number of hydrogen-bond donors (Lipinski definition) is 1. The van der Waals surface area contributed by atoms with E-state index in [2.05, 4.69) is 10.3 Å². The number of nitrogens with zero attached hydrogens (tertiary/aromatic N) is 1. The lowest BCUT2D eigenvalue weighted by Gasteiger charge is -2.10. The van der Waals surface area contributed by atoms with Crippen LogP contribution in [0.25, 0.3) is 10.9 Å². The Morgan fingerprint density at radius 1 is 1.04 bits per heavy atom. The van der Waals surface area contributed by atoms with Gasteiger partial charge in [-0.2, -0.15) is 0 Å². The van der Waals surface area contributed by atoms with E-state index in [0.717, 1.165) is 22.2 Å². The van der Waals surface area contributed by atoms with Crippen molar-refractivity contribution in [2.75, 3.05) is 19.5 Å². The summed E-state index contributed by atoms with van der Waals surface area (Å²) in [5, 5.41) is 3.95. The molecule has 5 heteroatoms. The van der Waals surface area contributed by atoms with Crippen LogP contribution in [-0.4, -0.2) is 25.1 Å². The maximum Gasteiger partial charge on any atom is 0.224 e. The number of fused-ring (bicyclic) bond motifs is 1. The molecule has 0 saturated carbocycles. The molecular formula is C20H20N2O3. The maximum absolute atomic E-state index is 12.3. The van der Waals surface area contributed by atoms with Crippen molar-refractivity contribution in [3.05, 3.63) is 60.3 Å². The lowest BCUT2D eigenvalue weighted by Crippen LogP contribution is -2.13. The average Bonchev–Trinajstić information content (AvgIpc) is 2.66. The number of rotatable bonds is 6. The fourth-order valence-corrected chi connectivity index (χ4v) is 2.69. The highest BCUT2D eigenvalue weighted by molar-refractivity contribution is 6.00. The molecule has 0 radical (unpaired) electrons. The Balaban J connectivity index is 1.69. The van der Waals surface area contributed by atoms with E-state index in [1.54, 1.807) is 20.4 Å². The molecule has 3 rings (SSSR count). The predicted molar refractivity (Wildman–Crippen MR) is 98.2 cm³/mol. The Morgan fingerprint density at radius 2 is 1.76 bits per heavy atom. The van der Waals surface area contributed by atoms with Gasteiger partial charge in [-0.05, 0) is 36.2 Å². The summed E-state index contributed by atoms with van der Waals surface area (Å²) in [6, 6.07) is 15.2. The highest BCUT2D eigenvalue weighted by Gasteiger charge is 2.08. The molecule has 1 N–H and O–H groups in total. The van der Waals surface area contributed by atoms with Crippen molar-refractivity contribution >= 4 is 22.5 Å². The molecular weight excluding hydrogens is 316 g/mol. The number of aromatic nitrogens is 1. The van der Waals surface area contributed by atoms with Gasteiger partial charge in [0, 0.05) is 24.1 Å². The summed E-state index contributed by atoms with van der Waals surface area (Å²) in [6.45, 7) is 0. The number of carbonyl (C=O) groups excluding carboxylic acids is 1. The van der Waals surface area contributed by atoms with E-state index in [0.29, 0.717) is 24.3 Å². The van der Waals surface area contributed by atoms with E-state index in [1.807, 2.05) is 48.5 Å². The quantitative estimate of drug-likeness (QED) is 0.743. The summed E-state index contributed by atoms with van der Waals surface area (Å²) >= 11 is 0. The van der Waals surface area contributed by atoms with Gasteiger partial charge >= 0.3 is 0 Å². The average molecular weight is 336 g/mol. The monoisotopic (exact) mass is 336 g/mol.